The van der Waals surface area contributed by atoms with E-state index in [1.165, 1.54) is 16.7 Å². The van der Waals surface area contributed by atoms with Gasteiger partial charge in [0.25, 0.3) is 0 Å². The Bertz CT molecular complexity index is 1350. The number of H-pyrrole nitrogens is 1. The molecule has 1 atom stereocenters. The van der Waals surface area contributed by atoms with Gasteiger partial charge < -0.3 is 4.74 Å². The highest BCUT2D eigenvalue weighted by Gasteiger charge is 2.10. The highest BCUT2D eigenvalue weighted by molar-refractivity contribution is 5.78. The lowest BCUT2D eigenvalue weighted by molar-refractivity contribution is 0.301. The van der Waals surface area contributed by atoms with Crippen LogP contribution in [0.2, 0.25) is 0 Å². The topological polar surface area (TPSA) is 76.6 Å². The zero-order valence-electron chi connectivity index (χ0n) is 19.9. The lowest BCUT2D eigenvalue weighted by Crippen LogP contribution is -2.01. The van der Waals surface area contributed by atoms with Crippen molar-refractivity contribution < 1.29 is 4.74 Å². The number of nitrogens with one attached hydrogen (secondary N) is 1. The second-order valence-electron chi connectivity index (χ2n) is 8.96. The summed E-state index contributed by atoms with van der Waals surface area (Å²) in [6.45, 7) is 2.66. The fourth-order valence-corrected chi connectivity index (χ4v) is 4.27. The van der Waals surface area contributed by atoms with Crippen molar-refractivity contribution in [2.24, 2.45) is 0 Å². The van der Waals surface area contributed by atoms with Crippen LogP contribution in [0.15, 0.2) is 84.9 Å². The van der Waals surface area contributed by atoms with Crippen LogP contribution >= 0.6 is 0 Å². The summed E-state index contributed by atoms with van der Waals surface area (Å²) in [7, 11) is 0. The average Bonchev–Trinajstić information content (AvgIpc) is 3.41. The van der Waals surface area contributed by atoms with Gasteiger partial charge in [-0.25, -0.2) is 4.98 Å². The van der Waals surface area contributed by atoms with Gasteiger partial charge in [-0.2, -0.15) is 5.21 Å². The molecule has 0 aliphatic heterocycles. The van der Waals surface area contributed by atoms with E-state index < -0.39 is 0 Å². The molecule has 0 saturated carbocycles. The number of pyridine rings is 1. The third-order valence-electron chi connectivity index (χ3n) is 6.32. The second kappa shape index (κ2) is 10.9. The molecule has 0 aliphatic carbocycles. The molecule has 0 radical (unpaired) electrons. The summed E-state index contributed by atoms with van der Waals surface area (Å²) in [5.74, 6) is 1.98. The lowest BCUT2D eigenvalue weighted by atomic mass is 9.95. The van der Waals surface area contributed by atoms with E-state index in [1.54, 1.807) is 0 Å². The lowest BCUT2D eigenvalue weighted by Gasteiger charge is -2.11. The van der Waals surface area contributed by atoms with Gasteiger partial charge >= 0.3 is 0 Å². The summed E-state index contributed by atoms with van der Waals surface area (Å²) in [6.07, 6.45) is 4.00. The molecule has 2 heterocycles. The minimum atomic E-state index is 0.361. The number of ether oxygens (including phenoxy) is 1. The SMILES string of the molecule is CC(Cc1nn[nH]n1)c1ccc(CCCc2ccc(OCc3ccc4ccccc4n3)cc2)cc1. The standard InChI is InChI=1S/C29H29N5O/c1-21(19-29-31-33-34-32-29)24-13-9-22(10-14-24)5-4-6-23-11-17-27(18-12-23)35-20-26-16-15-25-7-2-3-8-28(25)30-26/h2-3,7-18,21H,4-6,19-20H2,1H3,(H,31,32,33,34). The highest BCUT2D eigenvalue weighted by atomic mass is 16.5. The molecule has 6 heteroatoms. The first-order chi connectivity index (χ1) is 17.2. The number of aromatic amines is 1. The van der Waals surface area contributed by atoms with Crippen LogP contribution in [0, 0.1) is 0 Å². The molecule has 2 aromatic heterocycles. The third-order valence-corrected chi connectivity index (χ3v) is 6.32. The number of aromatic nitrogens is 5. The molecule has 0 aliphatic rings. The molecule has 0 bridgehead atoms. The maximum atomic E-state index is 5.96. The van der Waals surface area contributed by atoms with Gasteiger partial charge in [-0.1, -0.05) is 72.8 Å². The maximum Gasteiger partial charge on any atom is 0.175 e. The summed E-state index contributed by atoms with van der Waals surface area (Å²) in [5, 5.41) is 15.4. The van der Waals surface area contributed by atoms with Crippen LogP contribution in [0.25, 0.3) is 10.9 Å². The monoisotopic (exact) mass is 463 g/mol. The Kier molecular flexibility index (Phi) is 7.08. The quantitative estimate of drug-likeness (QED) is 0.281. The van der Waals surface area contributed by atoms with Gasteiger partial charge in [0, 0.05) is 11.8 Å². The van der Waals surface area contributed by atoms with Gasteiger partial charge in [-0.15, -0.1) is 10.2 Å². The number of rotatable bonds is 10. The molecule has 0 spiro atoms. The Morgan fingerprint density at radius 3 is 2.31 bits per heavy atom. The molecule has 35 heavy (non-hydrogen) atoms. The van der Waals surface area contributed by atoms with E-state index in [2.05, 4.69) is 93.2 Å². The Hall–Kier alpha value is -4.06. The third kappa shape index (κ3) is 6.09. The zero-order valence-corrected chi connectivity index (χ0v) is 19.9. The first-order valence-corrected chi connectivity index (χ1v) is 12.1. The van der Waals surface area contributed by atoms with Crippen LogP contribution in [0.4, 0.5) is 0 Å². The summed E-state index contributed by atoms with van der Waals surface area (Å²) >= 11 is 0. The molecule has 0 amide bonds. The van der Waals surface area contributed by atoms with Crippen LogP contribution in [0.3, 0.4) is 0 Å². The number of aryl methyl sites for hydroxylation is 2. The van der Waals surface area contributed by atoms with Crippen molar-refractivity contribution in [3.63, 3.8) is 0 Å². The molecular formula is C29H29N5O. The summed E-state index contributed by atoms with van der Waals surface area (Å²) in [5.41, 5.74) is 5.92. The first kappa shape index (κ1) is 22.7. The average molecular weight is 464 g/mol. The van der Waals surface area contributed by atoms with E-state index in [-0.39, 0.29) is 0 Å². The summed E-state index contributed by atoms with van der Waals surface area (Å²) < 4.78 is 5.96. The van der Waals surface area contributed by atoms with Crippen molar-refractivity contribution in [2.45, 2.75) is 45.1 Å². The van der Waals surface area contributed by atoms with Gasteiger partial charge in [0.05, 0.1) is 11.2 Å². The Balaban J connectivity index is 1.07. The van der Waals surface area contributed by atoms with Crippen LogP contribution < -0.4 is 4.74 Å². The minimum absolute atomic E-state index is 0.361. The molecule has 0 saturated heterocycles. The van der Waals surface area contributed by atoms with Crippen molar-refractivity contribution in [1.29, 1.82) is 0 Å². The van der Waals surface area contributed by atoms with Crippen LogP contribution in [-0.2, 0) is 25.9 Å². The number of hydrogen-bond acceptors (Lipinski definition) is 5. The fourth-order valence-electron chi connectivity index (χ4n) is 4.27. The summed E-state index contributed by atoms with van der Waals surface area (Å²) in [6, 6.07) is 29.6. The van der Waals surface area contributed by atoms with Crippen molar-refractivity contribution in [1.82, 2.24) is 25.6 Å². The number of hydrogen-bond donors (Lipinski definition) is 1. The van der Waals surface area contributed by atoms with Gasteiger partial charge in [0.2, 0.25) is 0 Å². The van der Waals surface area contributed by atoms with Gasteiger partial charge in [0.1, 0.15) is 12.4 Å². The van der Waals surface area contributed by atoms with Crippen LogP contribution in [-0.4, -0.2) is 25.6 Å². The zero-order chi connectivity index (χ0) is 23.9. The molecule has 5 aromatic rings. The predicted octanol–water partition coefficient (Wildman–Crippen LogP) is 5.85. The highest BCUT2D eigenvalue weighted by Crippen LogP contribution is 2.21. The van der Waals surface area contributed by atoms with Crippen molar-refractivity contribution in [3.8, 4) is 5.75 Å². The maximum absolute atomic E-state index is 5.96. The normalized spacial score (nSPS) is 12.0. The van der Waals surface area contributed by atoms with E-state index in [9.17, 15) is 0 Å². The van der Waals surface area contributed by atoms with Crippen molar-refractivity contribution in [2.75, 3.05) is 0 Å². The van der Waals surface area contributed by atoms with Gasteiger partial charge in [0.15, 0.2) is 5.82 Å². The smallest absolute Gasteiger partial charge is 0.175 e. The Labute approximate surface area is 205 Å². The van der Waals surface area contributed by atoms with Crippen LogP contribution in [0.1, 0.15) is 47.5 Å². The second-order valence-corrected chi connectivity index (χ2v) is 8.96. The Morgan fingerprint density at radius 1 is 0.829 bits per heavy atom. The van der Waals surface area contributed by atoms with Crippen molar-refractivity contribution in [3.05, 3.63) is 113 Å². The molecule has 176 valence electrons. The van der Waals surface area contributed by atoms with Crippen molar-refractivity contribution >= 4 is 10.9 Å². The number of para-hydroxylation sites is 1. The van der Waals surface area contributed by atoms with E-state index in [1.807, 2.05) is 24.3 Å². The Morgan fingerprint density at radius 2 is 1.57 bits per heavy atom. The molecule has 6 nitrogen and oxygen atoms in total. The number of fused-ring (bicyclic) bond motifs is 1. The van der Waals surface area contributed by atoms with Gasteiger partial charge in [-0.3, -0.25) is 0 Å². The van der Waals surface area contributed by atoms with E-state index in [4.69, 9.17) is 4.74 Å². The number of benzene rings is 3. The number of nitrogens with zero attached hydrogens (tertiary/aromatic N) is 4. The molecule has 1 N–H and O–H groups in total. The minimum Gasteiger partial charge on any atom is -0.487 e. The van der Waals surface area contributed by atoms with Crippen LogP contribution in [0.5, 0.6) is 5.75 Å². The van der Waals surface area contributed by atoms with E-state index in [0.717, 1.165) is 53.9 Å². The molecule has 5 rings (SSSR count). The molecule has 3 aromatic carbocycles. The fraction of sp³-hybridized carbons (Fsp3) is 0.241. The van der Waals surface area contributed by atoms with E-state index >= 15 is 0 Å². The molecule has 0 fully saturated rings. The number of tetrazole rings is 1. The molecule has 1 unspecified atom stereocenters. The predicted molar refractivity (Wildman–Crippen MR) is 137 cm³/mol. The molecular weight excluding hydrogens is 434 g/mol. The van der Waals surface area contributed by atoms with E-state index in [0.29, 0.717) is 12.5 Å². The van der Waals surface area contributed by atoms with Gasteiger partial charge in [-0.05, 0) is 66.1 Å². The first-order valence-electron chi connectivity index (χ1n) is 12.1. The largest absolute Gasteiger partial charge is 0.487 e. The summed E-state index contributed by atoms with van der Waals surface area (Å²) in [4.78, 5) is 4.67.